The Morgan fingerprint density at radius 1 is 1.30 bits per heavy atom. The van der Waals surface area contributed by atoms with E-state index in [-0.39, 0.29) is 21.7 Å². The second-order valence-corrected chi connectivity index (χ2v) is 8.16. The highest BCUT2D eigenvalue weighted by molar-refractivity contribution is 6.34. The van der Waals surface area contributed by atoms with Crippen LogP contribution in [0.3, 0.4) is 0 Å². The zero-order valence-electron chi connectivity index (χ0n) is 18.6. The summed E-state index contributed by atoms with van der Waals surface area (Å²) in [6.45, 7) is -3.83. The molecule has 1 aromatic carbocycles. The van der Waals surface area contributed by atoms with Crippen LogP contribution < -0.4 is 11.1 Å². The van der Waals surface area contributed by atoms with Gasteiger partial charge in [-0.1, -0.05) is 17.7 Å². The van der Waals surface area contributed by atoms with Crippen LogP contribution in [0, 0.1) is 11.3 Å². The summed E-state index contributed by atoms with van der Waals surface area (Å²) < 4.78 is 96.4. The number of benzene rings is 1. The molecule has 0 radical (unpaired) electrons. The molecule has 198 valence electrons. The fourth-order valence-electron chi connectivity index (χ4n) is 3.07. The Bertz CT molecular complexity index is 1310. The van der Waals surface area contributed by atoms with Crippen molar-refractivity contribution in [3.05, 3.63) is 52.6 Å². The van der Waals surface area contributed by atoms with E-state index in [2.05, 4.69) is 20.1 Å². The second-order valence-electron chi connectivity index (χ2n) is 7.76. The zero-order chi connectivity index (χ0) is 27.8. The maximum Gasteiger partial charge on any atom is 0.459 e. The lowest BCUT2D eigenvalue weighted by Crippen LogP contribution is -2.43. The molecule has 0 saturated heterocycles. The molecule has 1 aliphatic carbocycles. The fraction of sp³-hybridized carbons (Fsp3) is 0.333. The third-order valence-electron chi connectivity index (χ3n) is 5.22. The van der Waals surface area contributed by atoms with Gasteiger partial charge < -0.3 is 15.8 Å². The van der Waals surface area contributed by atoms with E-state index in [1.807, 2.05) is 6.07 Å². The van der Waals surface area contributed by atoms with Crippen molar-refractivity contribution in [1.29, 1.82) is 5.26 Å². The summed E-state index contributed by atoms with van der Waals surface area (Å²) in [6.07, 6.45) is -3.16. The number of aromatic nitrogens is 2. The predicted octanol–water partition coefficient (Wildman–Crippen LogP) is 4.47. The van der Waals surface area contributed by atoms with E-state index in [1.165, 1.54) is 18.2 Å². The van der Waals surface area contributed by atoms with Gasteiger partial charge in [-0.15, -0.1) is 0 Å². The first-order chi connectivity index (χ1) is 17.2. The monoisotopic (exact) mass is 552 g/mol. The van der Waals surface area contributed by atoms with Crippen molar-refractivity contribution in [1.82, 2.24) is 15.1 Å². The number of aliphatic imine (C=N–C) groups is 1. The van der Waals surface area contributed by atoms with Gasteiger partial charge in [-0.3, -0.25) is 9.79 Å². The van der Waals surface area contributed by atoms with E-state index >= 15 is 0 Å². The largest absolute Gasteiger partial charge is 0.459 e. The van der Waals surface area contributed by atoms with Gasteiger partial charge in [-0.2, -0.15) is 41.1 Å². The average Bonchev–Trinajstić information content (AvgIpc) is 3.42. The van der Waals surface area contributed by atoms with E-state index in [4.69, 9.17) is 22.6 Å². The van der Waals surface area contributed by atoms with Crippen LogP contribution in [0.1, 0.15) is 23.2 Å². The van der Waals surface area contributed by atoms with Gasteiger partial charge >= 0.3 is 18.7 Å². The molecule has 1 amide bonds. The molecule has 0 atom stereocenters. The number of allylic oxidation sites excluding steroid dienone is 2. The van der Waals surface area contributed by atoms with Gasteiger partial charge in [0.15, 0.2) is 11.6 Å². The summed E-state index contributed by atoms with van der Waals surface area (Å²) in [6, 6.07) is 6.08. The normalized spacial score (nSPS) is 16.2. The number of halogens is 8. The standard InChI is InChI=1S/C21H16ClF7N6O2/c1-32-16(14(37-18(23)24)15(31)20(25,26)21(27,28)29)35-8-11(7-33-35)10-2-3-13(22)12(6-10)17(36)34-19(9-30)4-5-19/h2-3,6-8,18H,4-5,31H2,1H3,(H,34,36). The number of ether oxygens (including phenoxy) is 1. The van der Waals surface area contributed by atoms with Crippen LogP contribution in [0.15, 0.2) is 47.0 Å². The van der Waals surface area contributed by atoms with Crippen LogP contribution in [0.2, 0.25) is 5.02 Å². The van der Waals surface area contributed by atoms with Gasteiger partial charge in [0.1, 0.15) is 11.2 Å². The van der Waals surface area contributed by atoms with Crippen molar-refractivity contribution in [2.75, 3.05) is 7.05 Å². The van der Waals surface area contributed by atoms with Crippen LogP contribution in [-0.2, 0) is 4.74 Å². The summed E-state index contributed by atoms with van der Waals surface area (Å²) >= 11 is 6.10. The SMILES string of the molecule is CN=C(C(OC(F)F)=C(N)C(F)(F)C(F)(F)F)n1cc(-c2ccc(Cl)c(C(=O)NC3(C#N)CC3)c2)cn1. The quantitative estimate of drug-likeness (QED) is 0.227. The topological polar surface area (TPSA) is 118 Å². The molecule has 3 rings (SSSR count). The van der Waals surface area contributed by atoms with Gasteiger partial charge in [0.05, 0.1) is 22.9 Å². The minimum Gasteiger partial charge on any atom is -0.429 e. The molecule has 37 heavy (non-hydrogen) atoms. The second kappa shape index (κ2) is 9.92. The third kappa shape index (κ3) is 5.63. The van der Waals surface area contributed by atoms with Crippen LogP contribution in [0.4, 0.5) is 30.7 Å². The molecule has 16 heteroatoms. The number of nitrogens with two attached hydrogens (primary N) is 1. The Labute approximate surface area is 209 Å². The van der Waals surface area contributed by atoms with Gasteiger partial charge in [0, 0.05) is 18.8 Å². The Morgan fingerprint density at radius 2 is 1.95 bits per heavy atom. The van der Waals surface area contributed by atoms with Crippen molar-refractivity contribution < 1.29 is 40.3 Å². The molecule has 0 aliphatic heterocycles. The van der Waals surface area contributed by atoms with E-state index < -0.39 is 47.4 Å². The molecular formula is C21H16ClF7N6O2. The van der Waals surface area contributed by atoms with Crippen molar-refractivity contribution in [2.45, 2.75) is 37.1 Å². The predicted molar refractivity (Wildman–Crippen MR) is 116 cm³/mol. The highest BCUT2D eigenvalue weighted by Gasteiger charge is 2.61. The summed E-state index contributed by atoms with van der Waals surface area (Å²) in [5, 5.41) is 15.5. The molecule has 0 bridgehead atoms. The molecule has 3 N–H and O–H groups in total. The fourth-order valence-corrected chi connectivity index (χ4v) is 3.27. The first-order valence-corrected chi connectivity index (χ1v) is 10.5. The number of nitriles is 1. The summed E-state index contributed by atoms with van der Waals surface area (Å²) in [5.41, 5.74) is 2.02. The van der Waals surface area contributed by atoms with E-state index in [0.717, 1.165) is 19.4 Å². The minimum atomic E-state index is -6.22. The number of nitrogens with one attached hydrogen (secondary N) is 1. The maximum atomic E-state index is 13.8. The van der Waals surface area contributed by atoms with Crippen LogP contribution >= 0.6 is 11.6 Å². The maximum absolute atomic E-state index is 13.8. The van der Waals surface area contributed by atoms with Crippen LogP contribution in [0.25, 0.3) is 11.1 Å². The smallest absolute Gasteiger partial charge is 0.429 e. The molecule has 2 aromatic rings. The number of rotatable bonds is 7. The summed E-state index contributed by atoms with van der Waals surface area (Å²) in [5.74, 6) is -9.10. The van der Waals surface area contributed by atoms with Crippen molar-refractivity contribution in [2.24, 2.45) is 10.7 Å². The molecule has 8 nitrogen and oxygen atoms in total. The number of hydrogen-bond acceptors (Lipinski definition) is 6. The Hall–Kier alpha value is -3.80. The molecule has 0 spiro atoms. The lowest BCUT2D eigenvalue weighted by molar-refractivity contribution is -0.266. The van der Waals surface area contributed by atoms with Gasteiger partial charge in [0.25, 0.3) is 5.91 Å². The molecule has 1 aromatic heterocycles. The van der Waals surface area contributed by atoms with Crippen molar-refractivity contribution in [3.63, 3.8) is 0 Å². The minimum absolute atomic E-state index is 0.0199. The van der Waals surface area contributed by atoms with Gasteiger partial charge in [0.2, 0.25) is 0 Å². The lowest BCUT2D eigenvalue weighted by atomic mass is 10.1. The number of amides is 1. The van der Waals surface area contributed by atoms with E-state index in [1.54, 1.807) is 0 Å². The molecule has 1 saturated carbocycles. The third-order valence-corrected chi connectivity index (χ3v) is 5.55. The van der Waals surface area contributed by atoms with Gasteiger partial charge in [-0.05, 0) is 30.5 Å². The average molecular weight is 553 g/mol. The Balaban J connectivity index is 2.01. The van der Waals surface area contributed by atoms with E-state index in [9.17, 15) is 35.5 Å². The molecule has 1 aliphatic rings. The molecular weight excluding hydrogens is 537 g/mol. The van der Waals surface area contributed by atoms with Crippen molar-refractivity contribution >= 4 is 23.3 Å². The first kappa shape index (κ1) is 27.8. The lowest BCUT2D eigenvalue weighted by Gasteiger charge is -2.23. The number of nitrogens with zero attached hydrogens (tertiary/aromatic N) is 4. The first-order valence-electron chi connectivity index (χ1n) is 10.1. The van der Waals surface area contributed by atoms with Crippen molar-refractivity contribution in [3.8, 4) is 17.2 Å². The molecule has 0 unspecified atom stereocenters. The van der Waals surface area contributed by atoms with E-state index in [0.29, 0.717) is 17.5 Å². The van der Waals surface area contributed by atoms with Crippen LogP contribution in [-0.4, -0.2) is 52.8 Å². The number of hydrogen-bond donors (Lipinski definition) is 2. The number of carbonyl (C=O) groups is 1. The number of carbonyl (C=O) groups excluding carboxylic acids is 1. The number of alkyl halides is 7. The highest BCUT2D eigenvalue weighted by Crippen LogP contribution is 2.41. The molecule has 1 fully saturated rings. The Morgan fingerprint density at radius 3 is 2.46 bits per heavy atom. The van der Waals surface area contributed by atoms with Gasteiger partial charge in [-0.25, -0.2) is 4.68 Å². The highest BCUT2D eigenvalue weighted by atomic mass is 35.5. The zero-order valence-corrected chi connectivity index (χ0v) is 19.3. The summed E-state index contributed by atoms with van der Waals surface area (Å²) in [4.78, 5) is 16.1. The Kier molecular flexibility index (Phi) is 7.45. The summed E-state index contributed by atoms with van der Waals surface area (Å²) in [7, 11) is 0.901. The van der Waals surface area contributed by atoms with Crippen LogP contribution in [0.5, 0.6) is 0 Å². The molecule has 1 heterocycles.